The molecule has 1 aliphatic carbocycles. The van der Waals surface area contributed by atoms with E-state index in [0.29, 0.717) is 17.8 Å². The molecule has 1 aromatic heterocycles. The van der Waals surface area contributed by atoms with E-state index in [2.05, 4.69) is 33.1 Å². The fraction of sp³-hybridized carbons (Fsp3) is 0.409. The summed E-state index contributed by atoms with van der Waals surface area (Å²) in [4.78, 5) is 28.5. The van der Waals surface area contributed by atoms with Crippen LogP contribution in [-0.2, 0) is 5.41 Å². The second kappa shape index (κ2) is 8.87. The molecule has 1 heterocycles. The molecule has 0 spiro atoms. The third-order valence-corrected chi connectivity index (χ3v) is 5.27. The highest BCUT2D eigenvalue weighted by Crippen LogP contribution is 2.40. The van der Waals surface area contributed by atoms with Gasteiger partial charge >= 0.3 is 6.03 Å². The number of benzene rings is 1. The van der Waals surface area contributed by atoms with E-state index in [0.717, 1.165) is 12.8 Å². The quantitative estimate of drug-likeness (QED) is 0.712. The van der Waals surface area contributed by atoms with E-state index in [1.54, 1.807) is 24.3 Å². The minimum atomic E-state index is -0.257. The lowest BCUT2D eigenvalue weighted by atomic mass is 9.79. The molecule has 1 aliphatic rings. The lowest BCUT2D eigenvalue weighted by Gasteiger charge is -2.29. The van der Waals surface area contributed by atoms with Gasteiger partial charge < -0.3 is 16.0 Å². The first-order valence-electron chi connectivity index (χ1n) is 9.85. The number of nitrogens with one attached hydrogen (secondary N) is 3. The Bertz CT molecular complexity index is 797. The van der Waals surface area contributed by atoms with Crippen LogP contribution in [0.2, 0.25) is 0 Å². The molecule has 28 heavy (non-hydrogen) atoms. The van der Waals surface area contributed by atoms with E-state index < -0.39 is 0 Å². The van der Waals surface area contributed by atoms with Crippen LogP contribution >= 0.6 is 0 Å². The number of hydrogen-bond donors (Lipinski definition) is 3. The van der Waals surface area contributed by atoms with Crippen LogP contribution in [-0.4, -0.2) is 29.5 Å². The highest BCUT2D eigenvalue weighted by Gasteiger charge is 2.35. The number of pyridine rings is 1. The highest BCUT2D eigenvalue weighted by atomic mass is 16.2. The molecule has 1 fully saturated rings. The number of carbonyl (C=O) groups excluding carboxylic acids is 2. The minimum Gasteiger partial charge on any atom is -0.351 e. The molecular weight excluding hydrogens is 352 g/mol. The van der Waals surface area contributed by atoms with E-state index in [-0.39, 0.29) is 23.4 Å². The maximum atomic E-state index is 12.6. The zero-order valence-corrected chi connectivity index (χ0v) is 16.5. The first-order chi connectivity index (χ1) is 13.5. The topological polar surface area (TPSA) is 83.1 Å². The molecule has 6 nitrogen and oxygen atoms in total. The van der Waals surface area contributed by atoms with Crippen molar-refractivity contribution < 1.29 is 9.59 Å². The number of nitrogens with zero attached hydrogens (tertiary/aromatic N) is 1. The number of urea groups is 1. The van der Waals surface area contributed by atoms with E-state index in [1.807, 2.05) is 26.2 Å². The van der Waals surface area contributed by atoms with Gasteiger partial charge in [-0.3, -0.25) is 9.78 Å². The van der Waals surface area contributed by atoms with Crippen LogP contribution < -0.4 is 16.0 Å². The predicted octanol–water partition coefficient (Wildman–Crippen LogP) is 3.85. The summed E-state index contributed by atoms with van der Waals surface area (Å²) in [6.07, 6.45) is 8.14. The summed E-state index contributed by atoms with van der Waals surface area (Å²) in [5.41, 5.74) is 2.47. The number of rotatable bonds is 6. The van der Waals surface area contributed by atoms with Crippen LogP contribution in [0.25, 0.3) is 0 Å². The number of aromatic nitrogens is 1. The number of hydrogen-bond acceptors (Lipinski definition) is 3. The smallest absolute Gasteiger partial charge is 0.319 e. The van der Waals surface area contributed by atoms with Crippen molar-refractivity contribution in [3.05, 3.63) is 59.9 Å². The van der Waals surface area contributed by atoms with Crippen molar-refractivity contribution in [2.24, 2.45) is 0 Å². The van der Waals surface area contributed by atoms with Crippen LogP contribution in [0.1, 0.15) is 55.5 Å². The summed E-state index contributed by atoms with van der Waals surface area (Å²) >= 11 is 0. The lowest BCUT2D eigenvalue weighted by molar-refractivity contribution is 0.0943. The Morgan fingerprint density at radius 3 is 2.29 bits per heavy atom. The molecule has 0 unspecified atom stereocenters. The van der Waals surface area contributed by atoms with Gasteiger partial charge in [0.1, 0.15) is 0 Å². The van der Waals surface area contributed by atoms with Crippen LogP contribution in [0.15, 0.2) is 48.8 Å². The summed E-state index contributed by atoms with van der Waals surface area (Å²) < 4.78 is 0. The molecule has 1 saturated carbocycles. The van der Waals surface area contributed by atoms with Gasteiger partial charge in [-0.25, -0.2) is 4.79 Å². The first kappa shape index (κ1) is 19.9. The van der Waals surface area contributed by atoms with Crippen LogP contribution in [0.5, 0.6) is 0 Å². The van der Waals surface area contributed by atoms with Gasteiger partial charge in [-0.2, -0.15) is 0 Å². The fourth-order valence-electron chi connectivity index (χ4n) is 3.81. The maximum Gasteiger partial charge on any atom is 0.319 e. The van der Waals surface area contributed by atoms with E-state index in [1.165, 1.54) is 18.4 Å². The van der Waals surface area contributed by atoms with Gasteiger partial charge in [0, 0.05) is 41.6 Å². The third kappa shape index (κ3) is 4.88. The molecule has 3 N–H and O–H groups in total. The fourth-order valence-corrected chi connectivity index (χ4v) is 3.81. The van der Waals surface area contributed by atoms with Gasteiger partial charge in [0.05, 0.1) is 0 Å². The SMILES string of the molecule is CC(C)NC(=O)Nc1ccc(C(=O)NCC2(c3ccncc3)CCCC2)cc1. The van der Waals surface area contributed by atoms with Gasteiger partial charge in [0.2, 0.25) is 0 Å². The van der Waals surface area contributed by atoms with Crippen molar-refractivity contribution in [1.82, 2.24) is 15.6 Å². The van der Waals surface area contributed by atoms with Crippen molar-refractivity contribution in [1.29, 1.82) is 0 Å². The Balaban J connectivity index is 1.60. The second-order valence-corrected chi connectivity index (χ2v) is 7.74. The summed E-state index contributed by atoms with van der Waals surface area (Å²) in [6.45, 7) is 4.42. The minimum absolute atomic E-state index is 0.00493. The Labute approximate surface area is 166 Å². The molecule has 0 atom stereocenters. The second-order valence-electron chi connectivity index (χ2n) is 7.74. The molecule has 1 aromatic carbocycles. The highest BCUT2D eigenvalue weighted by molar-refractivity contribution is 5.95. The van der Waals surface area contributed by atoms with E-state index in [9.17, 15) is 9.59 Å². The zero-order valence-electron chi connectivity index (χ0n) is 16.5. The molecule has 3 rings (SSSR count). The molecule has 0 radical (unpaired) electrons. The lowest BCUT2D eigenvalue weighted by Crippen LogP contribution is -2.39. The van der Waals surface area contributed by atoms with Gasteiger partial charge in [-0.1, -0.05) is 12.8 Å². The number of carbonyl (C=O) groups is 2. The van der Waals surface area contributed by atoms with Gasteiger partial charge in [0.15, 0.2) is 0 Å². The Hall–Kier alpha value is -2.89. The Kier molecular flexibility index (Phi) is 6.29. The Morgan fingerprint density at radius 2 is 1.68 bits per heavy atom. The zero-order chi connectivity index (χ0) is 20.0. The number of anilines is 1. The molecule has 6 heteroatoms. The van der Waals surface area contributed by atoms with Gasteiger partial charge in [0.25, 0.3) is 5.91 Å². The molecule has 0 saturated heterocycles. The number of amides is 3. The first-order valence-corrected chi connectivity index (χ1v) is 9.85. The van der Waals surface area contributed by atoms with Crippen molar-refractivity contribution in [3.8, 4) is 0 Å². The molecule has 0 aliphatic heterocycles. The van der Waals surface area contributed by atoms with Crippen molar-refractivity contribution >= 4 is 17.6 Å². The standard InChI is InChI=1S/C22H28N4O2/c1-16(2)25-21(28)26-19-7-5-17(6-8-19)20(27)24-15-22(11-3-4-12-22)18-9-13-23-14-10-18/h5-10,13-14,16H,3-4,11-12,15H2,1-2H3,(H,24,27)(H2,25,26,28). The van der Waals surface area contributed by atoms with Crippen molar-refractivity contribution in [2.75, 3.05) is 11.9 Å². The van der Waals surface area contributed by atoms with E-state index >= 15 is 0 Å². The molecule has 0 bridgehead atoms. The van der Waals surface area contributed by atoms with Crippen LogP contribution in [0.3, 0.4) is 0 Å². The monoisotopic (exact) mass is 380 g/mol. The van der Waals surface area contributed by atoms with Crippen LogP contribution in [0.4, 0.5) is 10.5 Å². The van der Waals surface area contributed by atoms with Gasteiger partial charge in [-0.05, 0) is 68.7 Å². The predicted molar refractivity (Wildman–Crippen MR) is 110 cm³/mol. The average molecular weight is 380 g/mol. The normalized spacial score (nSPS) is 15.2. The van der Waals surface area contributed by atoms with Crippen LogP contribution in [0, 0.1) is 0 Å². The molecule has 3 amide bonds. The third-order valence-electron chi connectivity index (χ3n) is 5.27. The van der Waals surface area contributed by atoms with E-state index in [4.69, 9.17) is 0 Å². The molecular formula is C22H28N4O2. The summed E-state index contributed by atoms with van der Waals surface area (Å²) in [7, 11) is 0. The maximum absolute atomic E-state index is 12.6. The molecule has 148 valence electrons. The summed E-state index contributed by atoms with van der Waals surface area (Å²) in [5.74, 6) is -0.0986. The average Bonchev–Trinajstić information content (AvgIpc) is 3.17. The van der Waals surface area contributed by atoms with Crippen molar-refractivity contribution in [3.63, 3.8) is 0 Å². The molecule has 2 aromatic rings. The van der Waals surface area contributed by atoms with Crippen molar-refractivity contribution in [2.45, 2.75) is 51.0 Å². The summed E-state index contributed by atoms with van der Waals surface area (Å²) in [5, 5.41) is 8.63. The Morgan fingerprint density at radius 1 is 1.04 bits per heavy atom. The largest absolute Gasteiger partial charge is 0.351 e. The van der Waals surface area contributed by atoms with Gasteiger partial charge in [-0.15, -0.1) is 0 Å². The summed E-state index contributed by atoms with van der Waals surface area (Å²) in [6, 6.07) is 10.9.